The SMILES string of the molecule is Cc1ccn(C[C@H]2CCCN2)n1. The predicted molar refractivity (Wildman–Crippen MR) is 48.0 cm³/mol. The molecule has 1 aromatic rings. The number of hydrogen-bond donors (Lipinski definition) is 1. The number of hydrogen-bond acceptors (Lipinski definition) is 2. The van der Waals surface area contributed by atoms with Crippen LogP contribution in [0.4, 0.5) is 0 Å². The molecule has 0 aromatic carbocycles. The van der Waals surface area contributed by atoms with Gasteiger partial charge in [-0.25, -0.2) is 0 Å². The summed E-state index contributed by atoms with van der Waals surface area (Å²) in [5, 5.41) is 7.80. The molecule has 2 rings (SSSR count). The molecule has 0 amide bonds. The molecule has 1 aromatic heterocycles. The van der Waals surface area contributed by atoms with Crippen molar-refractivity contribution in [3.05, 3.63) is 18.0 Å². The van der Waals surface area contributed by atoms with Gasteiger partial charge in [0.1, 0.15) is 0 Å². The Kier molecular flexibility index (Phi) is 2.13. The minimum atomic E-state index is 0.643. The summed E-state index contributed by atoms with van der Waals surface area (Å²) in [6.45, 7) is 4.22. The number of aromatic nitrogens is 2. The molecule has 1 aliphatic heterocycles. The van der Waals surface area contributed by atoms with Crippen LogP contribution in [0.15, 0.2) is 12.3 Å². The second-order valence-corrected chi connectivity index (χ2v) is 3.47. The second-order valence-electron chi connectivity index (χ2n) is 3.47. The first-order chi connectivity index (χ1) is 5.84. The molecule has 3 nitrogen and oxygen atoms in total. The molecule has 1 fully saturated rings. The van der Waals surface area contributed by atoms with E-state index in [4.69, 9.17) is 0 Å². The van der Waals surface area contributed by atoms with E-state index < -0.39 is 0 Å². The highest BCUT2D eigenvalue weighted by molar-refractivity contribution is 4.95. The third-order valence-electron chi connectivity index (χ3n) is 2.34. The fourth-order valence-electron chi connectivity index (χ4n) is 1.70. The van der Waals surface area contributed by atoms with E-state index in [2.05, 4.69) is 22.7 Å². The molecular weight excluding hydrogens is 150 g/mol. The van der Waals surface area contributed by atoms with Crippen molar-refractivity contribution in [2.75, 3.05) is 6.54 Å². The highest BCUT2D eigenvalue weighted by atomic mass is 15.3. The van der Waals surface area contributed by atoms with Crippen molar-refractivity contribution >= 4 is 0 Å². The Morgan fingerprint density at radius 2 is 2.67 bits per heavy atom. The standard InChI is InChI=1S/C9H15N3/c1-8-4-6-12(11-8)7-9-3-2-5-10-9/h4,6,9-10H,2-3,5,7H2,1H3/t9-/m1/s1. The maximum atomic E-state index is 4.35. The van der Waals surface area contributed by atoms with Gasteiger partial charge >= 0.3 is 0 Å². The van der Waals surface area contributed by atoms with Crippen LogP contribution in [0.3, 0.4) is 0 Å². The lowest BCUT2D eigenvalue weighted by atomic mass is 10.2. The summed E-state index contributed by atoms with van der Waals surface area (Å²) in [6, 6.07) is 2.69. The largest absolute Gasteiger partial charge is 0.312 e. The van der Waals surface area contributed by atoms with Crippen molar-refractivity contribution in [3.63, 3.8) is 0 Å². The van der Waals surface area contributed by atoms with Crippen molar-refractivity contribution in [2.24, 2.45) is 0 Å². The summed E-state index contributed by atoms with van der Waals surface area (Å²) >= 11 is 0. The van der Waals surface area contributed by atoms with E-state index >= 15 is 0 Å². The maximum Gasteiger partial charge on any atom is 0.0593 e. The summed E-state index contributed by atoms with van der Waals surface area (Å²) in [6.07, 6.45) is 4.65. The lowest BCUT2D eigenvalue weighted by Crippen LogP contribution is -2.26. The van der Waals surface area contributed by atoms with Gasteiger partial charge in [-0.15, -0.1) is 0 Å². The summed E-state index contributed by atoms with van der Waals surface area (Å²) in [5.41, 5.74) is 1.10. The van der Waals surface area contributed by atoms with Crippen molar-refractivity contribution in [3.8, 4) is 0 Å². The summed E-state index contributed by atoms with van der Waals surface area (Å²) < 4.78 is 2.03. The number of aryl methyl sites for hydroxylation is 1. The van der Waals surface area contributed by atoms with Gasteiger partial charge in [0, 0.05) is 12.2 Å². The zero-order valence-corrected chi connectivity index (χ0v) is 7.45. The average molecular weight is 165 g/mol. The Labute approximate surface area is 72.8 Å². The molecule has 0 bridgehead atoms. The first-order valence-corrected chi connectivity index (χ1v) is 4.58. The average Bonchev–Trinajstić information content (AvgIpc) is 2.63. The predicted octanol–water partition coefficient (Wildman–Crippen LogP) is 0.944. The molecule has 0 spiro atoms. The first-order valence-electron chi connectivity index (χ1n) is 4.58. The molecule has 1 N–H and O–H groups in total. The van der Waals surface area contributed by atoms with E-state index in [0.717, 1.165) is 12.2 Å². The van der Waals surface area contributed by atoms with E-state index in [9.17, 15) is 0 Å². The number of nitrogens with one attached hydrogen (secondary N) is 1. The van der Waals surface area contributed by atoms with Gasteiger partial charge < -0.3 is 5.32 Å². The van der Waals surface area contributed by atoms with E-state index in [0.29, 0.717) is 6.04 Å². The molecule has 1 aliphatic rings. The third kappa shape index (κ3) is 1.67. The lowest BCUT2D eigenvalue weighted by molar-refractivity contribution is 0.474. The maximum absolute atomic E-state index is 4.35. The molecule has 1 saturated heterocycles. The topological polar surface area (TPSA) is 29.9 Å². The smallest absolute Gasteiger partial charge is 0.0593 e. The molecule has 66 valence electrons. The van der Waals surface area contributed by atoms with E-state index in [1.54, 1.807) is 0 Å². The quantitative estimate of drug-likeness (QED) is 0.707. The monoisotopic (exact) mass is 165 g/mol. The summed E-state index contributed by atoms with van der Waals surface area (Å²) in [4.78, 5) is 0. The normalized spacial score (nSPS) is 23.2. The molecule has 2 heterocycles. The van der Waals surface area contributed by atoms with Crippen LogP contribution in [0.5, 0.6) is 0 Å². The van der Waals surface area contributed by atoms with Crippen molar-refractivity contribution in [1.29, 1.82) is 0 Å². The molecule has 0 unspecified atom stereocenters. The van der Waals surface area contributed by atoms with Gasteiger partial charge in [0.2, 0.25) is 0 Å². The van der Waals surface area contributed by atoms with Crippen LogP contribution in [0.25, 0.3) is 0 Å². The summed E-state index contributed by atoms with van der Waals surface area (Å²) in [7, 11) is 0. The fourth-order valence-corrected chi connectivity index (χ4v) is 1.70. The van der Waals surface area contributed by atoms with Gasteiger partial charge in [-0.3, -0.25) is 4.68 Å². The number of rotatable bonds is 2. The van der Waals surface area contributed by atoms with E-state index in [1.165, 1.54) is 19.4 Å². The van der Waals surface area contributed by atoms with Crippen LogP contribution in [0.2, 0.25) is 0 Å². The van der Waals surface area contributed by atoms with Crippen LogP contribution < -0.4 is 5.32 Å². The zero-order chi connectivity index (χ0) is 8.39. The van der Waals surface area contributed by atoms with Crippen molar-refractivity contribution < 1.29 is 0 Å². The van der Waals surface area contributed by atoms with Gasteiger partial charge in [-0.2, -0.15) is 5.10 Å². The van der Waals surface area contributed by atoms with Gasteiger partial charge in [0.25, 0.3) is 0 Å². The Morgan fingerprint density at radius 3 is 3.25 bits per heavy atom. The van der Waals surface area contributed by atoms with Crippen molar-refractivity contribution in [2.45, 2.75) is 32.4 Å². The minimum absolute atomic E-state index is 0.643. The Bertz CT molecular complexity index is 248. The lowest BCUT2D eigenvalue weighted by Gasteiger charge is -2.09. The van der Waals surface area contributed by atoms with Crippen LogP contribution >= 0.6 is 0 Å². The third-order valence-corrected chi connectivity index (χ3v) is 2.34. The zero-order valence-electron chi connectivity index (χ0n) is 7.45. The first kappa shape index (κ1) is 7.80. The van der Waals surface area contributed by atoms with E-state index in [-0.39, 0.29) is 0 Å². The Balaban J connectivity index is 1.94. The summed E-state index contributed by atoms with van der Waals surface area (Å²) in [5.74, 6) is 0. The van der Waals surface area contributed by atoms with Crippen LogP contribution in [-0.2, 0) is 6.54 Å². The Hall–Kier alpha value is -0.830. The fraction of sp³-hybridized carbons (Fsp3) is 0.667. The molecule has 0 aliphatic carbocycles. The highest BCUT2D eigenvalue weighted by Crippen LogP contribution is 2.07. The second kappa shape index (κ2) is 3.27. The molecule has 0 saturated carbocycles. The minimum Gasteiger partial charge on any atom is -0.312 e. The molecular formula is C9H15N3. The van der Waals surface area contributed by atoms with E-state index in [1.807, 2.05) is 11.6 Å². The Morgan fingerprint density at radius 1 is 1.75 bits per heavy atom. The van der Waals surface area contributed by atoms with Crippen molar-refractivity contribution in [1.82, 2.24) is 15.1 Å². The highest BCUT2D eigenvalue weighted by Gasteiger charge is 2.14. The van der Waals surface area contributed by atoms with Crippen LogP contribution in [-0.4, -0.2) is 22.4 Å². The number of nitrogens with zero attached hydrogens (tertiary/aromatic N) is 2. The van der Waals surface area contributed by atoms with Gasteiger partial charge in [-0.05, 0) is 32.4 Å². The van der Waals surface area contributed by atoms with Gasteiger partial charge in [0.15, 0.2) is 0 Å². The van der Waals surface area contributed by atoms with Gasteiger partial charge in [-0.1, -0.05) is 0 Å². The van der Waals surface area contributed by atoms with Crippen LogP contribution in [0, 0.1) is 6.92 Å². The molecule has 1 atom stereocenters. The van der Waals surface area contributed by atoms with Crippen LogP contribution in [0.1, 0.15) is 18.5 Å². The van der Waals surface area contributed by atoms with Gasteiger partial charge in [0.05, 0.1) is 12.2 Å². The molecule has 12 heavy (non-hydrogen) atoms. The molecule has 0 radical (unpaired) electrons. The molecule has 3 heteroatoms.